The number of hydrogen-bond donors (Lipinski definition) is 1. The zero-order valence-corrected chi connectivity index (χ0v) is 12.1. The van der Waals surface area contributed by atoms with E-state index in [2.05, 4.69) is 11.8 Å². The Hall–Kier alpha value is -2.28. The summed E-state index contributed by atoms with van der Waals surface area (Å²) in [6.45, 7) is 2.69. The maximum Gasteiger partial charge on any atom is 0.311 e. The smallest absolute Gasteiger partial charge is 0.311 e. The highest BCUT2D eigenvalue weighted by molar-refractivity contribution is 5.95. The van der Waals surface area contributed by atoms with Crippen molar-refractivity contribution in [1.29, 1.82) is 0 Å². The molecule has 1 aromatic carbocycles. The first-order valence-electron chi connectivity index (χ1n) is 7.17. The van der Waals surface area contributed by atoms with Crippen LogP contribution in [0.1, 0.15) is 31.7 Å². The molecule has 4 nitrogen and oxygen atoms in total. The summed E-state index contributed by atoms with van der Waals surface area (Å²) in [4.78, 5) is 25.1. The quantitative estimate of drug-likeness (QED) is 0.866. The number of nitrogens with zero attached hydrogens (tertiary/aromatic N) is 1. The van der Waals surface area contributed by atoms with Gasteiger partial charge in [-0.2, -0.15) is 0 Å². The molecule has 1 aromatic rings. The minimum absolute atomic E-state index is 0.262. The molecule has 0 aromatic heterocycles. The number of carboxylic acids is 1. The number of amides is 1. The molecule has 1 saturated heterocycles. The number of hydrogen-bond acceptors (Lipinski definition) is 2. The third-order valence-corrected chi connectivity index (χ3v) is 3.91. The van der Waals surface area contributed by atoms with Gasteiger partial charge >= 0.3 is 5.97 Å². The number of aliphatic carboxylic acids is 1. The molecule has 110 valence electrons. The van der Waals surface area contributed by atoms with Gasteiger partial charge in [0, 0.05) is 24.6 Å². The van der Waals surface area contributed by atoms with Gasteiger partial charge in [-0.05, 0) is 25.0 Å². The summed E-state index contributed by atoms with van der Waals surface area (Å²) in [6, 6.07) is 9.29. The van der Waals surface area contributed by atoms with Gasteiger partial charge in [-0.25, -0.2) is 0 Å². The third kappa shape index (κ3) is 3.43. The summed E-state index contributed by atoms with van der Waals surface area (Å²) < 4.78 is 0. The van der Waals surface area contributed by atoms with Crippen LogP contribution in [-0.4, -0.2) is 35.0 Å². The van der Waals surface area contributed by atoms with Crippen LogP contribution in [0, 0.1) is 17.3 Å². The Labute approximate surface area is 124 Å². The molecular weight excluding hydrogens is 266 g/mol. The first-order valence-corrected chi connectivity index (χ1v) is 7.17. The van der Waals surface area contributed by atoms with Crippen LogP contribution in [-0.2, 0) is 9.59 Å². The van der Waals surface area contributed by atoms with Gasteiger partial charge in [-0.15, -0.1) is 0 Å². The Morgan fingerprint density at radius 3 is 2.67 bits per heavy atom. The van der Waals surface area contributed by atoms with E-state index in [0.29, 0.717) is 19.4 Å². The van der Waals surface area contributed by atoms with Gasteiger partial charge in [0.1, 0.15) is 0 Å². The number of carbonyl (C=O) groups excluding carboxylic acids is 1. The van der Waals surface area contributed by atoms with Crippen molar-refractivity contribution in [3.63, 3.8) is 0 Å². The predicted octanol–water partition coefficient (Wildman–Crippen LogP) is 2.14. The molecule has 0 bridgehead atoms. The van der Waals surface area contributed by atoms with Gasteiger partial charge in [0.15, 0.2) is 0 Å². The molecule has 1 N–H and O–H groups in total. The van der Waals surface area contributed by atoms with Crippen molar-refractivity contribution >= 4 is 11.9 Å². The fourth-order valence-corrected chi connectivity index (χ4v) is 2.74. The van der Waals surface area contributed by atoms with Crippen LogP contribution < -0.4 is 0 Å². The standard InChI is InChI=1S/C17H19NO3/c1-2-10-17(16(20)21)11-12-18(13-17)15(19)9-8-14-6-4-3-5-7-14/h3-7H,2,10-13H2,1H3,(H,20,21). The summed E-state index contributed by atoms with van der Waals surface area (Å²) in [5, 5.41) is 9.43. The van der Waals surface area contributed by atoms with Gasteiger partial charge in [-0.1, -0.05) is 37.5 Å². The second kappa shape index (κ2) is 6.45. The van der Waals surface area contributed by atoms with Crippen LogP contribution in [0.25, 0.3) is 0 Å². The van der Waals surface area contributed by atoms with E-state index in [1.54, 1.807) is 4.90 Å². The first kappa shape index (κ1) is 15.1. The summed E-state index contributed by atoms with van der Waals surface area (Å²) in [5.41, 5.74) is -0.0122. The summed E-state index contributed by atoms with van der Waals surface area (Å²) in [6.07, 6.45) is 1.90. The van der Waals surface area contributed by atoms with Crippen molar-refractivity contribution in [2.75, 3.05) is 13.1 Å². The molecule has 2 rings (SSSR count). The Bertz CT molecular complexity index is 585. The van der Waals surface area contributed by atoms with Crippen molar-refractivity contribution < 1.29 is 14.7 Å². The fraction of sp³-hybridized carbons (Fsp3) is 0.412. The molecule has 1 unspecified atom stereocenters. The lowest BCUT2D eigenvalue weighted by molar-refractivity contribution is -0.148. The first-order chi connectivity index (χ1) is 10.1. The Morgan fingerprint density at radius 2 is 2.05 bits per heavy atom. The van der Waals surface area contributed by atoms with Crippen molar-refractivity contribution in [1.82, 2.24) is 4.90 Å². The molecule has 0 aliphatic carbocycles. The number of carboxylic acid groups (broad SMARTS) is 1. The Kier molecular flexibility index (Phi) is 4.64. The summed E-state index contributed by atoms with van der Waals surface area (Å²) in [5.74, 6) is 4.32. The fourth-order valence-electron chi connectivity index (χ4n) is 2.74. The SMILES string of the molecule is CCCC1(C(=O)O)CCN(C(=O)C#Cc2ccccc2)C1. The van der Waals surface area contributed by atoms with E-state index in [0.717, 1.165) is 12.0 Å². The van der Waals surface area contributed by atoms with E-state index in [1.165, 1.54) is 0 Å². The molecule has 0 saturated carbocycles. The molecule has 1 amide bonds. The zero-order chi connectivity index (χ0) is 15.3. The molecule has 1 aliphatic heterocycles. The maximum atomic E-state index is 12.1. The highest BCUT2D eigenvalue weighted by atomic mass is 16.4. The Balaban J connectivity index is 2.06. The largest absolute Gasteiger partial charge is 0.481 e. The number of carbonyl (C=O) groups is 2. The summed E-state index contributed by atoms with van der Waals surface area (Å²) >= 11 is 0. The molecular formula is C17H19NO3. The molecule has 1 atom stereocenters. The lowest BCUT2D eigenvalue weighted by atomic mass is 9.83. The van der Waals surface area contributed by atoms with Crippen molar-refractivity contribution in [3.8, 4) is 11.8 Å². The average Bonchev–Trinajstić information content (AvgIpc) is 2.92. The molecule has 0 radical (unpaired) electrons. The zero-order valence-electron chi connectivity index (χ0n) is 12.1. The monoisotopic (exact) mass is 285 g/mol. The lowest BCUT2D eigenvalue weighted by Gasteiger charge is -2.23. The van der Waals surface area contributed by atoms with Crippen molar-refractivity contribution in [2.24, 2.45) is 5.41 Å². The molecule has 1 aliphatic rings. The van der Waals surface area contributed by atoms with Gasteiger partial charge in [-0.3, -0.25) is 9.59 Å². The van der Waals surface area contributed by atoms with Crippen LogP contribution in [0.3, 0.4) is 0 Å². The van der Waals surface area contributed by atoms with E-state index in [1.807, 2.05) is 37.3 Å². The highest BCUT2D eigenvalue weighted by Crippen LogP contribution is 2.35. The molecule has 0 spiro atoms. The van der Waals surface area contributed by atoms with Crippen LogP contribution in [0.5, 0.6) is 0 Å². The second-order valence-corrected chi connectivity index (χ2v) is 5.43. The van der Waals surface area contributed by atoms with E-state index < -0.39 is 11.4 Å². The van der Waals surface area contributed by atoms with E-state index >= 15 is 0 Å². The minimum Gasteiger partial charge on any atom is -0.481 e. The van der Waals surface area contributed by atoms with Gasteiger partial charge in [0.2, 0.25) is 0 Å². The second-order valence-electron chi connectivity index (χ2n) is 5.43. The van der Waals surface area contributed by atoms with Gasteiger partial charge in [0.05, 0.1) is 5.41 Å². The van der Waals surface area contributed by atoms with E-state index in [9.17, 15) is 14.7 Å². The maximum absolute atomic E-state index is 12.1. The Morgan fingerprint density at radius 1 is 1.33 bits per heavy atom. The number of rotatable bonds is 3. The van der Waals surface area contributed by atoms with Crippen LogP contribution in [0.2, 0.25) is 0 Å². The van der Waals surface area contributed by atoms with Gasteiger partial charge < -0.3 is 10.0 Å². The molecule has 1 fully saturated rings. The topological polar surface area (TPSA) is 57.6 Å². The third-order valence-electron chi connectivity index (χ3n) is 3.91. The molecule has 21 heavy (non-hydrogen) atoms. The van der Waals surface area contributed by atoms with Crippen LogP contribution >= 0.6 is 0 Å². The van der Waals surface area contributed by atoms with Gasteiger partial charge in [0.25, 0.3) is 5.91 Å². The van der Waals surface area contributed by atoms with Crippen LogP contribution in [0.15, 0.2) is 30.3 Å². The van der Waals surface area contributed by atoms with Crippen LogP contribution in [0.4, 0.5) is 0 Å². The summed E-state index contributed by atoms with van der Waals surface area (Å²) in [7, 11) is 0. The van der Waals surface area contributed by atoms with Crippen molar-refractivity contribution in [3.05, 3.63) is 35.9 Å². The average molecular weight is 285 g/mol. The molecule has 4 heteroatoms. The number of likely N-dealkylation sites (tertiary alicyclic amines) is 1. The van der Waals surface area contributed by atoms with E-state index in [4.69, 9.17) is 0 Å². The minimum atomic E-state index is -0.810. The van der Waals surface area contributed by atoms with E-state index in [-0.39, 0.29) is 12.5 Å². The predicted molar refractivity (Wildman–Crippen MR) is 79.5 cm³/mol. The normalized spacial score (nSPS) is 20.7. The molecule has 1 heterocycles. The number of benzene rings is 1. The lowest BCUT2D eigenvalue weighted by Crippen LogP contribution is -2.36. The van der Waals surface area contributed by atoms with Crippen molar-refractivity contribution in [2.45, 2.75) is 26.2 Å². The highest BCUT2D eigenvalue weighted by Gasteiger charge is 2.45.